The van der Waals surface area contributed by atoms with Crippen LogP contribution in [0.4, 0.5) is 0 Å². The van der Waals surface area contributed by atoms with Crippen molar-refractivity contribution in [2.75, 3.05) is 6.54 Å². The first-order valence-corrected chi connectivity index (χ1v) is 6.00. The monoisotopic (exact) mass is 233 g/mol. The Kier molecular flexibility index (Phi) is 3.58. The van der Waals surface area contributed by atoms with E-state index in [0.29, 0.717) is 0 Å². The van der Waals surface area contributed by atoms with Crippen LogP contribution < -0.4 is 5.32 Å². The number of nitrogens with one attached hydrogen (secondary N) is 1. The van der Waals surface area contributed by atoms with E-state index in [1.54, 1.807) is 0 Å². The van der Waals surface area contributed by atoms with Crippen molar-refractivity contribution in [3.63, 3.8) is 0 Å². The summed E-state index contributed by atoms with van der Waals surface area (Å²) < 4.78 is 3.77. The van der Waals surface area contributed by atoms with Crippen molar-refractivity contribution in [3.05, 3.63) is 24.2 Å². The Hall–Kier alpha value is -1.62. The molecule has 17 heavy (non-hydrogen) atoms. The van der Waals surface area contributed by atoms with Gasteiger partial charge in [0.25, 0.3) is 0 Å². The molecule has 0 spiro atoms. The van der Waals surface area contributed by atoms with E-state index in [1.165, 1.54) is 5.56 Å². The number of rotatable bonds is 5. The average molecular weight is 233 g/mol. The molecule has 0 aliphatic carbocycles. The summed E-state index contributed by atoms with van der Waals surface area (Å²) in [6.45, 7) is 6.87. The lowest BCUT2D eigenvalue weighted by Gasteiger charge is -2.00. The fraction of sp³-hybridized carbons (Fsp3) is 0.500. The van der Waals surface area contributed by atoms with Gasteiger partial charge in [0.1, 0.15) is 0 Å². The van der Waals surface area contributed by atoms with Crippen LogP contribution in [0.25, 0.3) is 11.3 Å². The second-order valence-corrected chi connectivity index (χ2v) is 4.04. The highest BCUT2D eigenvalue weighted by molar-refractivity contribution is 5.60. The molecular formula is C12H19N5. The van der Waals surface area contributed by atoms with Crippen molar-refractivity contribution in [2.24, 2.45) is 7.05 Å². The normalized spacial score (nSPS) is 11.0. The zero-order chi connectivity index (χ0) is 12.3. The summed E-state index contributed by atoms with van der Waals surface area (Å²) in [6, 6.07) is 0. The Morgan fingerprint density at radius 3 is 2.76 bits per heavy atom. The molecule has 0 aromatic carbocycles. The Balaban J connectivity index is 2.29. The van der Waals surface area contributed by atoms with E-state index < -0.39 is 0 Å². The van der Waals surface area contributed by atoms with E-state index in [2.05, 4.69) is 35.6 Å². The van der Waals surface area contributed by atoms with Crippen LogP contribution in [-0.4, -0.2) is 26.1 Å². The maximum absolute atomic E-state index is 4.50. The van der Waals surface area contributed by atoms with Crippen molar-refractivity contribution < 1.29 is 0 Å². The second kappa shape index (κ2) is 5.14. The Labute approximate surface area is 101 Å². The van der Waals surface area contributed by atoms with Gasteiger partial charge in [-0.05, 0) is 13.5 Å². The van der Waals surface area contributed by atoms with Crippen molar-refractivity contribution >= 4 is 0 Å². The third kappa shape index (κ3) is 2.55. The maximum Gasteiger partial charge on any atom is 0.0999 e. The van der Waals surface area contributed by atoms with Gasteiger partial charge in [0, 0.05) is 43.7 Å². The third-order valence-corrected chi connectivity index (χ3v) is 2.70. The molecule has 0 fully saturated rings. The zero-order valence-corrected chi connectivity index (χ0v) is 10.6. The number of nitrogens with zero attached hydrogens (tertiary/aromatic N) is 4. The van der Waals surface area contributed by atoms with Crippen molar-refractivity contribution in [1.29, 1.82) is 0 Å². The minimum atomic E-state index is 0.844. The lowest BCUT2D eigenvalue weighted by molar-refractivity contribution is 0.660. The summed E-state index contributed by atoms with van der Waals surface area (Å²) >= 11 is 0. The molecule has 2 rings (SSSR count). The van der Waals surface area contributed by atoms with Crippen LogP contribution >= 0.6 is 0 Å². The summed E-state index contributed by atoms with van der Waals surface area (Å²) in [5.41, 5.74) is 3.32. The SMILES string of the molecule is CCNCc1cn(C)nc1-c1cnn(CC)c1. The van der Waals surface area contributed by atoms with E-state index in [9.17, 15) is 0 Å². The van der Waals surface area contributed by atoms with Gasteiger partial charge >= 0.3 is 0 Å². The Morgan fingerprint density at radius 2 is 2.12 bits per heavy atom. The van der Waals surface area contributed by atoms with Crippen LogP contribution in [0.15, 0.2) is 18.6 Å². The summed E-state index contributed by atoms with van der Waals surface area (Å²) in [6.07, 6.45) is 5.97. The molecule has 2 heterocycles. The molecular weight excluding hydrogens is 214 g/mol. The smallest absolute Gasteiger partial charge is 0.0999 e. The molecule has 0 bridgehead atoms. The second-order valence-electron chi connectivity index (χ2n) is 4.04. The quantitative estimate of drug-likeness (QED) is 0.849. The number of aromatic nitrogens is 4. The highest BCUT2D eigenvalue weighted by Crippen LogP contribution is 2.21. The van der Waals surface area contributed by atoms with E-state index in [0.717, 1.165) is 30.9 Å². The van der Waals surface area contributed by atoms with Crippen molar-refractivity contribution in [1.82, 2.24) is 24.9 Å². The number of aryl methyl sites for hydroxylation is 2. The van der Waals surface area contributed by atoms with Crippen LogP contribution in [0.2, 0.25) is 0 Å². The van der Waals surface area contributed by atoms with Gasteiger partial charge in [-0.15, -0.1) is 0 Å². The van der Waals surface area contributed by atoms with Crippen LogP contribution in [0.5, 0.6) is 0 Å². The molecule has 0 atom stereocenters. The summed E-state index contributed by atoms with van der Waals surface area (Å²) in [4.78, 5) is 0. The standard InChI is InChI=1S/C12H19N5/c1-4-13-6-10-8-16(3)15-12(10)11-7-14-17(5-2)9-11/h7-9,13H,4-6H2,1-3H3. The first-order chi connectivity index (χ1) is 8.24. The van der Waals surface area contributed by atoms with Crippen LogP contribution in [0.1, 0.15) is 19.4 Å². The lowest BCUT2D eigenvalue weighted by atomic mass is 10.1. The minimum absolute atomic E-state index is 0.844. The fourth-order valence-electron chi connectivity index (χ4n) is 1.83. The predicted molar refractivity (Wildman–Crippen MR) is 67.5 cm³/mol. The van der Waals surface area contributed by atoms with Crippen LogP contribution in [0.3, 0.4) is 0 Å². The van der Waals surface area contributed by atoms with Gasteiger partial charge in [-0.2, -0.15) is 10.2 Å². The first kappa shape index (κ1) is 11.9. The van der Waals surface area contributed by atoms with Crippen molar-refractivity contribution in [3.8, 4) is 11.3 Å². The number of hydrogen-bond acceptors (Lipinski definition) is 3. The summed E-state index contributed by atoms with van der Waals surface area (Å²) in [7, 11) is 1.95. The molecule has 0 saturated heterocycles. The molecule has 1 N–H and O–H groups in total. The summed E-state index contributed by atoms with van der Waals surface area (Å²) in [5, 5.41) is 12.1. The van der Waals surface area contributed by atoms with E-state index in [4.69, 9.17) is 0 Å². The Bertz CT molecular complexity index is 483. The van der Waals surface area contributed by atoms with E-state index in [1.807, 2.05) is 28.8 Å². The van der Waals surface area contributed by atoms with E-state index >= 15 is 0 Å². The fourth-order valence-corrected chi connectivity index (χ4v) is 1.83. The maximum atomic E-state index is 4.50. The van der Waals surface area contributed by atoms with Gasteiger partial charge in [-0.25, -0.2) is 0 Å². The Morgan fingerprint density at radius 1 is 1.29 bits per heavy atom. The summed E-state index contributed by atoms with van der Waals surface area (Å²) in [5.74, 6) is 0. The molecule has 5 nitrogen and oxygen atoms in total. The molecule has 2 aromatic heterocycles. The largest absolute Gasteiger partial charge is 0.313 e. The molecule has 0 unspecified atom stereocenters. The predicted octanol–water partition coefficient (Wildman–Crippen LogP) is 1.41. The third-order valence-electron chi connectivity index (χ3n) is 2.70. The van der Waals surface area contributed by atoms with E-state index in [-0.39, 0.29) is 0 Å². The van der Waals surface area contributed by atoms with Gasteiger partial charge in [-0.3, -0.25) is 9.36 Å². The molecule has 0 radical (unpaired) electrons. The van der Waals surface area contributed by atoms with Gasteiger partial charge < -0.3 is 5.32 Å². The average Bonchev–Trinajstić information content (AvgIpc) is 2.92. The van der Waals surface area contributed by atoms with Gasteiger partial charge in [0.2, 0.25) is 0 Å². The lowest BCUT2D eigenvalue weighted by Crippen LogP contribution is -2.11. The number of hydrogen-bond donors (Lipinski definition) is 1. The zero-order valence-electron chi connectivity index (χ0n) is 10.6. The van der Waals surface area contributed by atoms with Crippen LogP contribution in [-0.2, 0) is 20.1 Å². The van der Waals surface area contributed by atoms with Gasteiger partial charge in [-0.1, -0.05) is 6.92 Å². The minimum Gasteiger partial charge on any atom is -0.313 e. The molecule has 5 heteroatoms. The van der Waals surface area contributed by atoms with Gasteiger partial charge in [0.05, 0.1) is 11.9 Å². The molecule has 0 saturated carbocycles. The highest BCUT2D eigenvalue weighted by Gasteiger charge is 2.11. The molecule has 0 aliphatic heterocycles. The molecule has 2 aromatic rings. The molecule has 0 aliphatic rings. The van der Waals surface area contributed by atoms with Gasteiger partial charge in [0.15, 0.2) is 0 Å². The molecule has 92 valence electrons. The first-order valence-electron chi connectivity index (χ1n) is 6.00. The van der Waals surface area contributed by atoms with Crippen LogP contribution in [0, 0.1) is 0 Å². The molecule has 0 amide bonds. The topological polar surface area (TPSA) is 47.7 Å². The highest BCUT2D eigenvalue weighted by atomic mass is 15.3. The van der Waals surface area contributed by atoms with Crippen molar-refractivity contribution in [2.45, 2.75) is 26.9 Å².